The fourth-order valence-electron chi connectivity index (χ4n) is 3.80. The van der Waals surface area contributed by atoms with Gasteiger partial charge in [-0.3, -0.25) is 9.59 Å². The molecule has 0 aliphatic heterocycles. The molecule has 0 saturated carbocycles. The second-order valence-electron chi connectivity index (χ2n) is 8.18. The Morgan fingerprint density at radius 2 is 1.71 bits per heavy atom. The summed E-state index contributed by atoms with van der Waals surface area (Å²) in [6.07, 6.45) is 0.418. The fourth-order valence-corrected chi connectivity index (χ4v) is 3.80. The summed E-state index contributed by atoms with van der Waals surface area (Å²) in [5, 5.41) is 20.3. The lowest BCUT2D eigenvalue weighted by molar-refractivity contribution is -0.137. The highest BCUT2D eigenvalue weighted by molar-refractivity contribution is 6.21. The molecule has 0 aliphatic carbocycles. The Kier molecular flexibility index (Phi) is 6.64. The predicted molar refractivity (Wildman–Crippen MR) is 133 cm³/mol. The summed E-state index contributed by atoms with van der Waals surface area (Å²) in [5.41, 5.74) is 4.16. The third-order valence-corrected chi connectivity index (χ3v) is 5.78. The zero-order chi connectivity index (χ0) is 25.1. The van der Waals surface area contributed by atoms with Gasteiger partial charge in [0.2, 0.25) is 5.91 Å². The predicted octanol–water partition coefficient (Wildman–Crippen LogP) is 5.18. The minimum Gasteiger partial charge on any atom is -0.494 e. The van der Waals surface area contributed by atoms with Crippen molar-refractivity contribution in [3.05, 3.63) is 89.2 Å². The van der Waals surface area contributed by atoms with E-state index in [9.17, 15) is 19.1 Å². The molecule has 3 aromatic carbocycles. The lowest BCUT2D eigenvalue weighted by atomic mass is 9.98. The number of aromatic nitrogens is 1. The Balaban J connectivity index is 1.81. The smallest absolute Gasteiger partial charge is 0.303 e. The Bertz CT molecular complexity index is 1420. The third-order valence-electron chi connectivity index (χ3n) is 5.78. The number of aryl methyl sites for hydroxylation is 1. The van der Waals surface area contributed by atoms with Gasteiger partial charge in [-0.05, 0) is 54.4 Å². The van der Waals surface area contributed by atoms with Gasteiger partial charge in [-0.25, -0.2) is 9.38 Å². The third kappa shape index (κ3) is 5.22. The highest BCUT2D eigenvalue weighted by Crippen LogP contribution is 2.32. The molecular weight excluding hydrogens is 449 g/mol. The number of hydrogen-bond acceptors (Lipinski definition) is 4. The Labute approximate surface area is 201 Å². The molecule has 1 aromatic heterocycles. The van der Waals surface area contributed by atoms with Crippen LogP contribution in [0.4, 0.5) is 15.8 Å². The van der Waals surface area contributed by atoms with Crippen LogP contribution in [0.2, 0.25) is 0 Å². The van der Waals surface area contributed by atoms with Crippen LogP contribution in [0.15, 0.2) is 71.7 Å². The lowest BCUT2D eigenvalue weighted by Gasteiger charge is -2.15. The molecule has 0 radical (unpaired) electrons. The first kappa shape index (κ1) is 23.7. The maximum absolute atomic E-state index is 13.8. The van der Waals surface area contributed by atoms with Crippen LogP contribution in [0.25, 0.3) is 10.9 Å². The molecule has 0 saturated heterocycles. The number of aromatic hydroxyl groups is 1. The summed E-state index contributed by atoms with van der Waals surface area (Å²) in [6.45, 7) is 1.48. The first-order valence-corrected chi connectivity index (χ1v) is 11.0. The Hall–Kier alpha value is -4.46. The first-order valence-electron chi connectivity index (χ1n) is 11.0. The quantitative estimate of drug-likeness (QED) is 0.322. The highest BCUT2D eigenvalue weighted by Gasteiger charge is 2.19. The van der Waals surface area contributed by atoms with Crippen LogP contribution in [0.5, 0.6) is 5.88 Å². The van der Waals surface area contributed by atoms with Gasteiger partial charge in [0.1, 0.15) is 5.82 Å². The number of aliphatic carboxylic acids is 1. The van der Waals surface area contributed by atoms with Gasteiger partial charge in [-0.2, -0.15) is 0 Å². The normalized spacial score (nSPS) is 11.6. The number of rotatable bonds is 7. The number of carboxylic acid groups (broad SMARTS) is 1. The van der Waals surface area contributed by atoms with Gasteiger partial charge in [-0.1, -0.05) is 24.3 Å². The number of nitrogens with zero attached hydrogens (tertiary/aromatic N) is 2. The molecule has 3 N–H and O–H groups in total. The van der Waals surface area contributed by atoms with Crippen molar-refractivity contribution in [1.29, 1.82) is 0 Å². The molecule has 0 fully saturated rings. The first-order chi connectivity index (χ1) is 16.7. The van der Waals surface area contributed by atoms with Crippen LogP contribution in [0.1, 0.15) is 30.0 Å². The number of aliphatic imine (C=N–C) groups is 1. The van der Waals surface area contributed by atoms with Gasteiger partial charge < -0.3 is 20.1 Å². The molecule has 0 atom stereocenters. The van der Waals surface area contributed by atoms with E-state index >= 15 is 0 Å². The van der Waals surface area contributed by atoms with Crippen molar-refractivity contribution in [2.45, 2.75) is 19.8 Å². The summed E-state index contributed by atoms with van der Waals surface area (Å²) in [7, 11) is 1.68. The van der Waals surface area contributed by atoms with Crippen molar-refractivity contribution >= 4 is 39.9 Å². The molecule has 0 aliphatic rings. The van der Waals surface area contributed by atoms with E-state index < -0.39 is 11.8 Å². The largest absolute Gasteiger partial charge is 0.494 e. The number of nitrogens with one attached hydrogen (secondary N) is 1. The Morgan fingerprint density at radius 3 is 2.34 bits per heavy atom. The van der Waals surface area contributed by atoms with Gasteiger partial charge >= 0.3 is 5.97 Å². The van der Waals surface area contributed by atoms with Gasteiger partial charge in [0.05, 0.1) is 22.5 Å². The summed E-state index contributed by atoms with van der Waals surface area (Å²) in [4.78, 5) is 31.7. The van der Waals surface area contributed by atoms with Crippen molar-refractivity contribution in [2.24, 2.45) is 4.99 Å². The second-order valence-corrected chi connectivity index (χ2v) is 8.18. The average molecular weight is 474 g/mol. The minimum absolute atomic E-state index is 0.0240. The monoisotopic (exact) mass is 473 g/mol. The van der Waals surface area contributed by atoms with Crippen LogP contribution < -0.4 is 4.90 Å². The van der Waals surface area contributed by atoms with E-state index in [0.717, 1.165) is 5.56 Å². The lowest BCUT2D eigenvalue weighted by Crippen LogP contribution is -2.22. The number of fused-ring (bicyclic) bond motifs is 1. The average Bonchev–Trinajstić information content (AvgIpc) is 3.16. The summed E-state index contributed by atoms with van der Waals surface area (Å²) < 4.78 is 13.8. The number of benzene rings is 3. The zero-order valence-corrected chi connectivity index (χ0v) is 19.2. The van der Waals surface area contributed by atoms with E-state index in [2.05, 4.69) is 4.98 Å². The molecule has 1 amide bonds. The molecule has 0 unspecified atom stereocenters. The van der Waals surface area contributed by atoms with Crippen LogP contribution in [-0.2, 0) is 16.0 Å². The topological polar surface area (TPSA) is 106 Å². The van der Waals surface area contributed by atoms with Crippen molar-refractivity contribution in [1.82, 2.24) is 4.98 Å². The molecule has 0 spiro atoms. The number of amides is 1. The Morgan fingerprint density at radius 1 is 1.03 bits per heavy atom. The number of carbonyl (C=O) groups is 2. The molecule has 4 rings (SSSR count). The van der Waals surface area contributed by atoms with Gasteiger partial charge in [-0.15, -0.1) is 0 Å². The summed E-state index contributed by atoms with van der Waals surface area (Å²) in [5.74, 6) is -1.55. The minimum atomic E-state index is -0.869. The molecule has 1 heterocycles. The van der Waals surface area contributed by atoms with Crippen LogP contribution in [-0.4, -0.2) is 39.8 Å². The van der Waals surface area contributed by atoms with Gasteiger partial charge in [0.25, 0.3) is 0 Å². The van der Waals surface area contributed by atoms with Crippen molar-refractivity contribution < 1.29 is 24.2 Å². The van der Waals surface area contributed by atoms with E-state index in [1.807, 2.05) is 24.3 Å². The zero-order valence-electron chi connectivity index (χ0n) is 19.2. The van der Waals surface area contributed by atoms with Crippen LogP contribution >= 0.6 is 0 Å². The van der Waals surface area contributed by atoms with Crippen molar-refractivity contribution in [2.75, 3.05) is 11.9 Å². The number of anilines is 1. The maximum Gasteiger partial charge on any atom is 0.303 e. The SMILES string of the molecule is CC(=O)N(C)c1ccc(N=C(c2ccc(CCC(=O)O)cc2)c2c(O)[nH]c3cc(F)ccc23)cc1. The number of hydrogen-bond donors (Lipinski definition) is 3. The standard InChI is InChI=1S/C27H24FN3O4/c1-16(32)31(2)21-11-9-20(10-12-21)29-26(18-6-3-17(4-7-18)5-14-24(33)34)25-22-13-8-19(28)15-23(22)30-27(25)35/h3-4,6-13,15,30,35H,5,14H2,1-2H3,(H,33,34). The number of carboxylic acids is 1. The molecule has 7 nitrogen and oxygen atoms in total. The van der Waals surface area contributed by atoms with Crippen LogP contribution in [0, 0.1) is 5.82 Å². The molecule has 8 heteroatoms. The van der Waals surface area contributed by atoms with Crippen molar-refractivity contribution in [3.63, 3.8) is 0 Å². The van der Waals surface area contributed by atoms with Crippen LogP contribution in [0.3, 0.4) is 0 Å². The summed E-state index contributed by atoms with van der Waals surface area (Å²) >= 11 is 0. The number of carbonyl (C=O) groups excluding carboxylic acids is 1. The van der Waals surface area contributed by atoms with E-state index in [4.69, 9.17) is 10.1 Å². The summed E-state index contributed by atoms with van der Waals surface area (Å²) in [6, 6.07) is 18.6. The van der Waals surface area contributed by atoms with Gasteiger partial charge in [0.15, 0.2) is 5.88 Å². The van der Waals surface area contributed by atoms with E-state index in [1.54, 1.807) is 37.4 Å². The van der Waals surface area contributed by atoms with Crippen molar-refractivity contribution in [3.8, 4) is 5.88 Å². The highest BCUT2D eigenvalue weighted by atomic mass is 19.1. The molecule has 0 bridgehead atoms. The molecule has 178 valence electrons. The number of halogens is 1. The molecule has 4 aromatic rings. The van der Waals surface area contributed by atoms with E-state index in [0.29, 0.717) is 45.5 Å². The fraction of sp³-hybridized carbons (Fsp3) is 0.148. The van der Waals surface area contributed by atoms with E-state index in [1.165, 1.54) is 24.0 Å². The molecule has 35 heavy (non-hydrogen) atoms. The second kappa shape index (κ2) is 9.80. The van der Waals surface area contributed by atoms with Gasteiger partial charge in [0, 0.05) is 37.0 Å². The molecular formula is C27H24FN3O4. The number of aromatic amines is 1. The maximum atomic E-state index is 13.8. The number of H-pyrrole nitrogens is 1. The van der Waals surface area contributed by atoms with E-state index in [-0.39, 0.29) is 18.2 Å².